The van der Waals surface area contributed by atoms with Crippen LogP contribution in [-0.2, 0) is 4.74 Å². The highest BCUT2D eigenvalue weighted by atomic mass is 16.5. The molecule has 0 heterocycles. The zero-order valence-corrected chi connectivity index (χ0v) is 15.6. The molecule has 0 bridgehead atoms. The fourth-order valence-corrected chi connectivity index (χ4v) is 2.36. The summed E-state index contributed by atoms with van der Waals surface area (Å²) in [5, 5.41) is 12.8. The standard InChI is InChI=1S/C20H23NO6/c1-4-11-27-16-10-9-13(12-17(16)26-5-2)19(23)21-15-8-6-7-14(18(15)22)20(24)25-3/h6-10,12,22H,4-5,11H2,1-3H3,(H,21,23). The molecule has 2 aromatic carbocycles. The lowest BCUT2D eigenvalue weighted by molar-refractivity contribution is 0.0597. The molecule has 1 amide bonds. The summed E-state index contributed by atoms with van der Waals surface area (Å²) in [6, 6.07) is 9.27. The van der Waals surface area contributed by atoms with Gasteiger partial charge in [0.2, 0.25) is 0 Å². The average Bonchev–Trinajstić information content (AvgIpc) is 2.68. The molecular weight excluding hydrogens is 350 g/mol. The molecule has 2 aromatic rings. The van der Waals surface area contributed by atoms with Crippen molar-refractivity contribution in [2.45, 2.75) is 20.3 Å². The fraction of sp³-hybridized carbons (Fsp3) is 0.300. The van der Waals surface area contributed by atoms with Gasteiger partial charge in [-0.1, -0.05) is 13.0 Å². The molecule has 0 aliphatic heterocycles. The van der Waals surface area contributed by atoms with Crippen molar-refractivity contribution in [2.24, 2.45) is 0 Å². The Morgan fingerprint density at radius 1 is 1.07 bits per heavy atom. The Morgan fingerprint density at radius 2 is 1.85 bits per heavy atom. The van der Waals surface area contributed by atoms with Crippen molar-refractivity contribution < 1.29 is 28.9 Å². The molecule has 7 nitrogen and oxygen atoms in total. The number of para-hydroxylation sites is 1. The number of methoxy groups -OCH3 is 1. The number of carbonyl (C=O) groups excluding carboxylic acids is 2. The molecule has 0 saturated heterocycles. The smallest absolute Gasteiger partial charge is 0.341 e. The molecule has 2 N–H and O–H groups in total. The number of phenols is 1. The molecule has 0 fully saturated rings. The second-order valence-electron chi connectivity index (χ2n) is 5.59. The van der Waals surface area contributed by atoms with E-state index in [-0.39, 0.29) is 17.0 Å². The SMILES string of the molecule is CCCOc1ccc(C(=O)Nc2cccc(C(=O)OC)c2O)cc1OCC. The first-order valence-electron chi connectivity index (χ1n) is 8.63. The van der Waals surface area contributed by atoms with Gasteiger partial charge < -0.3 is 24.6 Å². The molecular formula is C20H23NO6. The lowest BCUT2D eigenvalue weighted by atomic mass is 10.1. The highest BCUT2D eigenvalue weighted by Crippen LogP contribution is 2.31. The number of aromatic hydroxyl groups is 1. The molecule has 0 saturated carbocycles. The summed E-state index contributed by atoms with van der Waals surface area (Å²) in [5.41, 5.74) is 0.394. The van der Waals surface area contributed by atoms with E-state index in [1.807, 2.05) is 13.8 Å². The molecule has 2 rings (SSSR count). The van der Waals surface area contributed by atoms with Gasteiger partial charge in [0.15, 0.2) is 17.2 Å². The third kappa shape index (κ3) is 4.91. The molecule has 0 radical (unpaired) electrons. The summed E-state index contributed by atoms with van der Waals surface area (Å²) in [6.07, 6.45) is 0.851. The summed E-state index contributed by atoms with van der Waals surface area (Å²) in [7, 11) is 1.21. The van der Waals surface area contributed by atoms with Gasteiger partial charge in [-0.3, -0.25) is 4.79 Å². The fourth-order valence-electron chi connectivity index (χ4n) is 2.36. The van der Waals surface area contributed by atoms with Crippen LogP contribution in [0.25, 0.3) is 0 Å². The number of amides is 1. The van der Waals surface area contributed by atoms with Crippen LogP contribution in [0.3, 0.4) is 0 Å². The zero-order chi connectivity index (χ0) is 19.8. The van der Waals surface area contributed by atoms with Crippen LogP contribution < -0.4 is 14.8 Å². The largest absolute Gasteiger partial charge is 0.505 e. The van der Waals surface area contributed by atoms with Crippen LogP contribution in [0.4, 0.5) is 5.69 Å². The summed E-state index contributed by atoms with van der Waals surface area (Å²) >= 11 is 0. The number of benzene rings is 2. The van der Waals surface area contributed by atoms with Crippen LogP contribution in [0.15, 0.2) is 36.4 Å². The Hall–Kier alpha value is -3.22. The third-order valence-corrected chi connectivity index (χ3v) is 3.66. The van der Waals surface area contributed by atoms with Gasteiger partial charge in [0, 0.05) is 5.56 Å². The molecule has 0 aliphatic rings. The van der Waals surface area contributed by atoms with Crippen molar-refractivity contribution in [3.8, 4) is 17.2 Å². The van der Waals surface area contributed by atoms with E-state index in [1.165, 1.54) is 25.3 Å². The Bertz CT molecular complexity index is 818. The van der Waals surface area contributed by atoms with Gasteiger partial charge in [0.05, 0.1) is 26.0 Å². The predicted octanol–water partition coefficient (Wildman–Crippen LogP) is 3.62. The number of rotatable bonds is 8. The van der Waals surface area contributed by atoms with E-state index in [0.717, 1.165) is 6.42 Å². The van der Waals surface area contributed by atoms with Crippen molar-refractivity contribution in [1.29, 1.82) is 0 Å². The second-order valence-corrected chi connectivity index (χ2v) is 5.59. The van der Waals surface area contributed by atoms with Crippen LogP contribution in [-0.4, -0.2) is 37.3 Å². The van der Waals surface area contributed by atoms with Gasteiger partial charge >= 0.3 is 5.97 Å². The van der Waals surface area contributed by atoms with Gasteiger partial charge in [-0.15, -0.1) is 0 Å². The minimum atomic E-state index is -0.695. The van der Waals surface area contributed by atoms with E-state index in [9.17, 15) is 14.7 Å². The van der Waals surface area contributed by atoms with Crippen molar-refractivity contribution in [2.75, 3.05) is 25.6 Å². The zero-order valence-electron chi connectivity index (χ0n) is 15.6. The number of esters is 1. The minimum Gasteiger partial charge on any atom is -0.505 e. The molecule has 0 unspecified atom stereocenters. The van der Waals surface area contributed by atoms with Crippen LogP contribution in [0.5, 0.6) is 17.2 Å². The van der Waals surface area contributed by atoms with Gasteiger partial charge in [0.1, 0.15) is 5.56 Å². The second kappa shape index (κ2) is 9.47. The van der Waals surface area contributed by atoms with E-state index >= 15 is 0 Å². The first-order valence-corrected chi connectivity index (χ1v) is 8.63. The number of hydrogen-bond acceptors (Lipinski definition) is 6. The van der Waals surface area contributed by atoms with Crippen LogP contribution in [0.2, 0.25) is 0 Å². The van der Waals surface area contributed by atoms with Crippen molar-refractivity contribution in [3.05, 3.63) is 47.5 Å². The Balaban J connectivity index is 2.25. The van der Waals surface area contributed by atoms with E-state index in [0.29, 0.717) is 30.3 Å². The normalized spacial score (nSPS) is 10.2. The van der Waals surface area contributed by atoms with Crippen molar-refractivity contribution in [1.82, 2.24) is 0 Å². The number of ether oxygens (including phenoxy) is 3. The maximum Gasteiger partial charge on any atom is 0.341 e. The minimum absolute atomic E-state index is 0.0337. The summed E-state index contributed by atoms with van der Waals surface area (Å²) in [4.78, 5) is 24.2. The molecule has 7 heteroatoms. The number of anilines is 1. The lowest BCUT2D eigenvalue weighted by Crippen LogP contribution is -2.13. The van der Waals surface area contributed by atoms with E-state index in [1.54, 1.807) is 18.2 Å². The Labute approximate surface area is 157 Å². The van der Waals surface area contributed by atoms with Crippen molar-refractivity contribution >= 4 is 17.6 Å². The Morgan fingerprint density at radius 3 is 2.52 bits per heavy atom. The number of nitrogens with one attached hydrogen (secondary N) is 1. The van der Waals surface area contributed by atoms with Crippen LogP contribution >= 0.6 is 0 Å². The van der Waals surface area contributed by atoms with Crippen molar-refractivity contribution in [3.63, 3.8) is 0 Å². The van der Waals surface area contributed by atoms with E-state index in [2.05, 4.69) is 10.1 Å². The van der Waals surface area contributed by atoms with Crippen LogP contribution in [0.1, 0.15) is 41.0 Å². The number of phenolic OH excluding ortho intramolecular Hbond substituents is 1. The molecule has 27 heavy (non-hydrogen) atoms. The molecule has 0 aliphatic carbocycles. The third-order valence-electron chi connectivity index (χ3n) is 3.66. The molecule has 0 spiro atoms. The number of hydrogen-bond donors (Lipinski definition) is 2. The van der Waals surface area contributed by atoms with Gasteiger partial charge in [-0.25, -0.2) is 4.79 Å². The predicted molar refractivity (Wildman–Crippen MR) is 101 cm³/mol. The maximum atomic E-state index is 12.6. The van der Waals surface area contributed by atoms with Gasteiger partial charge in [0.25, 0.3) is 5.91 Å². The van der Waals surface area contributed by atoms with Crippen LogP contribution in [0, 0.1) is 0 Å². The topological polar surface area (TPSA) is 94.1 Å². The Kier molecular flexibility index (Phi) is 7.05. The lowest BCUT2D eigenvalue weighted by Gasteiger charge is -2.14. The molecule has 0 atom stereocenters. The maximum absolute atomic E-state index is 12.6. The first-order chi connectivity index (χ1) is 13.0. The summed E-state index contributed by atoms with van der Waals surface area (Å²) in [6.45, 7) is 4.80. The molecule has 144 valence electrons. The van der Waals surface area contributed by atoms with Gasteiger partial charge in [-0.05, 0) is 43.7 Å². The molecule has 0 aromatic heterocycles. The summed E-state index contributed by atoms with van der Waals surface area (Å²) < 4.78 is 15.8. The highest BCUT2D eigenvalue weighted by Gasteiger charge is 2.17. The first kappa shape index (κ1) is 20.1. The van der Waals surface area contributed by atoms with Gasteiger partial charge in [-0.2, -0.15) is 0 Å². The monoisotopic (exact) mass is 373 g/mol. The quantitative estimate of drug-likeness (QED) is 0.542. The number of carbonyl (C=O) groups is 2. The van der Waals surface area contributed by atoms with E-state index in [4.69, 9.17) is 9.47 Å². The highest BCUT2D eigenvalue weighted by molar-refractivity contribution is 6.06. The van der Waals surface area contributed by atoms with E-state index < -0.39 is 11.9 Å². The average molecular weight is 373 g/mol. The summed E-state index contributed by atoms with van der Waals surface area (Å²) in [5.74, 6) is -0.488.